The molecule has 3 fully saturated rings. The molecule has 0 unspecified atom stereocenters. The minimum atomic E-state index is 0.347. The summed E-state index contributed by atoms with van der Waals surface area (Å²) in [5.74, 6) is 1.93. The van der Waals surface area contributed by atoms with Crippen molar-refractivity contribution in [1.82, 2.24) is 15.2 Å². The van der Waals surface area contributed by atoms with Crippen molar-refractivity contribution in [2.24, 2.45) is 5.92 Å². The first kappa shape index (κ1) is 18.2. The van der Waals surface area contributed by atoms with Crippen LogP contribution in [0.3, 0.4) is 0 Å². The molecule has 3 heterocycles. The first-order valence-corrected chi connectivity index (χ1v) is 10.4. The molecule has 144 valence electrons. The van der Waals surface area contributed by atoms with Gasteiger partial charge < -0.3 is 15.1 Å². The molecule has 0 bridgehead atoms. The van der Waals surface area contributed by atoms with Crippen LogP contribution in [0.2, 0.25) is 0 Å². The van der Waals surface area contributed by atoms with Crippen molar-refractivity contribution >= 4 is 11.7 Å². The zero-order chi connectivity index (χ0) is 18.6. The van der Waals surface area contributed by atoms with Gasteiger partial charge in [-0.05, 0) is 56.6 Å². The van der Waals surface area contributed by atoms with Crippen LogP contribution >= 0.6 is 0 Å². The molecule has 1 saturated carbocycles. The second-order valence-corrected chi connectivity index (χ2v) is 8.22. The molecule has 1 aliphatic carbocycles. The normalized spacial score (nSPS) is 24.6. The summed E-state index contributed by atoms with van der Waals surface area (Å²) in [5, 5.41) is 13.1. The fraction of sp³-hybridized carbons (Fsp3) is 0.667. The molecule has 1 aromatic rings. The fourth-order valence-corrected chi connectivity index (χ4v) is 4.34. The first-order chi connectivity index (χ1) is 13.2. The molecule has 4 rings (SSSR count). The van der Waals surface area contributed by atoms with E-state index in [2.05, 4.69) is 26.2 Å². The third kappa shape index (κ3) is 4.59. The fourth-order valence-electron chi connectivity index (χ4n) is 4.34. The van der Waals surface area contributed by atoms with Crippen LogP contribution in [-0.4, -0.2) is 54.1 Å². The van der Waals surface area contributed by atoms with Gasteiger partial charge in [-0.3, -0.25) is 4.79 Å². The van der Waals surface area contributed by atoms with E-state index in [9.17, 15) is 10.1 Å². The highest BCUT2D eigenvalue weighted by Gasteiger charge is 2.30. The van der Waals surface area contributed by atoms with Crippen LogP contribution in [0.25, 0.3) is 0 Å². The van der Waals surface area contributed by atoms with E-state index in [1.165, 1.54) is 12.8 Å². The number of nitriles is 1. The maximum absolute atomic E-state index is 12.3. The summed E-state index contributed by atoms with van der Waals surface area (Å²) in [4.78, 5) is 21.1. The standard InChI is InChI=1S/C21H29N5O/c22-14-17-2-1-10-23-21(17)25-11-7-19(8-12-25)24-18-5-6-20(27)26(13-9-18)15-16-3-4-16/h1-2,10,16,18-19,24H,3-9,11-13,15H2/t18-/m0/s1. The number of anilines is 1. The summed E-state index contributed by atoms with van der Waals surface area (Å²) >= 11 is 0. The molecule has 6 heteroatoms. The number of likely N-dealkylation sites (tertiary alicyclic amines) is 1. The van der Waals surface area contributed by atoms with E-state index in [1.54, 1.807) is 6.20 Å². The molecule has 0 radical (unpaired) electrons. The highest BCUT2D eigenvalue weighted by atomic mass is 16.2. The number of piperidine rings is 1. The second-order valence-electron chi connectivity index (χ2n) is 8.22. The Balaban J connectivity index is 1.26. The number of amides is 1. The maximum atomic E-state index is 12.3. The summed E-state index contributed by atoms with van der Waals surface area (Å²) in [6.07, 6.45) is 9.17. The molecule has 0 spiro atoms. The number of hydrogen-bond acceptors (Lipinski definition) is 5. The quantitative estimate of drug-likeness (QED) is 0.865. The van der Waals surface area contributed by atoms with Gasteiger partial charge in [-0.25, -0.2) is 4.98 Å². The molecule has 0 aromatic carbocycles. The molecule has 1 aromatic heterocycles. The van der Waals surface area contributed by atoms with Gasteiger partial charge in [-0.2, -0.15) is 5.26 Å². The van der Waals surface area contributed by atoms with E-state index in [0.29, 0.717) is 30.0 Å². The van der Waals surface area contributed by atoms with Crippen LogP contribution in [0, 0.1) is 17.2 Å². The van der Waals surface area contributed by atoms with Crippen LogP contribution in [0.5, 0.6) is 0 Å². The molecular formula is C21H29N5O. The van der Waals surface area contributed by atoms with Gasteiger partial charge in [0.2, 0.25) is 5.91 Å². The predicted octanol–water partition coefficient (Wildman–Crippen LogP) is 2.30. The SMILES string of the molecule is N#Cc1cccnc1N1CCC(N[C@H]2CCC(=O)N(CC3CC3)CC2)CC1. The number of nitrogens with one attached hydrogen (secondary N) is 1. The Morgan fingerprint density at radius 3 is 2.59 bits per heavy atom. The van der Waals surface area contributed by atoms with Crippen molar-refractivity contribution in [3.05, 3.63) is 23.9 Å². The monoisotopic (exact) mass is 367 g/mol. The van der Waals surface area contributed by atoms with Gasteiger partial charge in [-0.1, -0.05) is 0 Å². The minimum absolute atomic E-state index is 0.347. The summed E-state index contributed by atoms with van der Waals surface area (Å²) in [7, 11) is 0. The molecule has 1 atom stereocenters. The highest BCUT2D eigenvalue weighted by molar-refractivity contribution is 5.76. The Hall–Kier alpha value is -2.13. The van der Waals surface area contributed by atoms with Gasteiger partial charge in [-0.15, -0.1) is 0 Å². The van der Waals surface area contributed by atoms with Crippen molar-refractivity contribution in [3.63, 3.8) is 0 Å². The molecule has 1 amide bonds. The smallest absolute Gasteiger partial charge is 0.222 e. The number of rotatable bonds is 5. The van der Waals surface area contributed by atoms with Crippen LogP contribution < -0.4 is 10.2 Å². The average molecular weight is 367 g/mol. The summed E-state index contributed by atoms with van der Waals surface area (Å²) in [6.45, 7) is 3.73. The van der Waals surface area contributed by atoms with Crippen molar-refractivity contribution in [2.45, 2.75) is 57.0 Å². The van der Waals surface area contributed by atoms with Crippen molar-refractivity contribution in [2.75, 3.05) is 31.1 Å². The Kier molecular flexibility index (Phi) is 5.58. The average Bonchev–Trinajstić information content (AvgIpc) is 3.54. The molecular weight excluding hydrogens is 338 g/mol. The number of aromatic nitrogens is 1. The lowest BCUT2D eigenvalue weighted by Crippen LogP contribution is -2.46. The number of carbonyl (C=O) groups excluding carboxylic acids is 1. The van der Waals surface area contributed by atoms with Crippen molar-refractivity contribution in [3.8, 4) is 6.07 Å². The number of nitrogens with zero attached hydrogens (tertiary/aromatic N) is 4. The minimum Gasteiger partial charge on any atom is -0.355 e. The van der Waals surface area contributed by atoms with Gasteiger partial charge >= 0.3 is 0 Å². The molecule has 3 aliphatic rings. The summed E-state index contributed by atoms with van der Waals surface area (Å²) in [5.41, 5.74) is 0.655. The van der Waals surface area contributed by atoms with Crippen LogP contribution in [0.15, 0.2) is 18.3 Å². The van der Waals surface area contributed by atoms with E-state index in [-0.39, 0.29) is 0 Å². The molecule has 6 nitrogen and oxygen atoms in total. The van der Waals surface area contributed by atoms with Crippen molar-refractivity contribution in [1.29, 1.82) is 5.26 Å². The van der Waals surface area contributed by atoms with Gasteiger partial charge in [0.05, 0.1) is 5.56 Å². The van der Waals surface area contributed by atoms with E-state index < -0.39 is 0 Å². The topological polar surface area (TPSA) is 72.3 Å². The van der Waals surface area contributed by atoms with Gasteiger partial charge in [0.1, 0.15) is 11.9 Å². The third-order valence-corrected chi connectivity index (χ3v) is 6.16. The summed E-state index contributed by atoms with van der Waals surface area (Å²) < 4.78 is 0. The van der Waals surface area contributed by atoms with E-state index >= 15 is 0 Å². The lowest BCUT2D eigenvalue weighted by Gasteiger charge is -2.35. The first-order valence-electron chi connectivity index (χ1n) is 10.4. The highest BCUT2D eigenvalue weighted by Crippen LogP contribution is 2.30. The number of pyridine rings is 1. The van der Waals surface area contributed by atoms with Gasteiger partial charge in [0.15, 0.2) is 0 Å². The number of hydrogen-bond donors (Lipinski definition) is 1. The Bertz CT molecular complexity index is 703. The lowest BCUT2D eigenvalue weighted by molar-refractivity contribution is -0.130. The van der Waals surface area contributed by atoms with E-state index in [1.807, 2.05) is 12.1 Å². The van der Waals surface area contributed by atoms with Gasteiger partial charge in [0.25, 0.3) is 0 Å². The Labute approximate surface area is 161 Å². The predicted molar refractivity (Wildman–Crippen MR) is 104 cm³/mol. The van der Waals surface area contributed by atoms with Gasteiger partial charge in [0, 0.05) is 50.9 Å². The molecule has 2 aliphatic heterocycles. The zero-order valence-corrected chi connectivity index (χ0v) is 15.9. The van der Waals surface area contributed by atoms with E-state index in [4.69, 9.17) is 0 Å². The molecule has 27 heavy (non-hydrogen) atoms. The number of carbonyl (C=O) groups is 1. The second kappa shape index (κ2) is 8.26. The zero-order valence-electron chi connectivity index (χ0n) is 15.9. The third-order valence-electron chi connectivity index (χ3n) is 6.16. The van der Waals surface area contributed by atoms with Crippen LogP contribution in [0.1, 0.15) is 50.5 Å². The van der Waals surface area contributed by atoms with Crippen LogP contribution in [-0.2, 0) is 4.79 Å². The lowest BCUT2D eigenvalue weighted by atomic mass is 10.0. The largest absolute Gasteiger partial charge is 0.355 e. The van der Waals surface area contributed by atoms with Crippen LogP contribution in [0.4, 0.5) is 5.82 Å². The maximum Gasteiger partial charge on any atom is 0.222 e. The Morgan fingerprint density at radius 1 is 1.11 bits per heavy atom. The summed E-state index contributed by atoms with van der Waals surface area (Å²) in [6, 6.07) is 6.83. The van der Waals surface area contributed by atoms with E-state index in [0.717, 1.165) is 63.6 Å². The molecule has 1 N–H and O–H groups in total. The van der Waals surface area contributed by atoms with Crippen molar-refractivity contribution < 1.29 is 4.79 Å². The Morgan fingerprint density at radius 2 is 1.85 bits per heavy atom. The molecule has 2 saturated heterocycles.